The number of fused-ring (bicyclic) bond motifs is 1. The van der Waals surface area contributed by atoms with Gasteiger partial charge in [0.05, 0.1) is 11.1 Å². The summed E-state index contributed by atoms with van der Waals surface area (Å²) in [6.07, 6.45) is 0.565. The second kappa shape index (κ2) is 6.08. The van der Waals surface area contributed by atoms with E-state index in [1.165, 1.54) is 22.8 Å². The summed E-state index contributed by atoms with van der Waals surface area (Å²) < 4.78 is 20.0. The van der Waals surface area contributed by atoms with Gasteiger partial charge in [-0.15, -0.1) is 0 Å². The lowest BCUT2D eigenvalue weighted by molar-refractivity contribution is 0.0950. The molecule has 1 N–H and O–H groups in total. The summed E-state index contributed by atoms with van der Waals surface area (Å²) in [4.78, 5) is 23.4. The third-order valence-corrected chi connectivity index (χ3v) is 3.67. The van der Waals surface area contributed by atoms with E-state index >= 15 is 0 Å². The maximum Gasteiger partial charge on any atom is 0.419 e. The average Bonchev–Trinajstić information content (AvgIpc) is 2.82. The lowest BCUT2D eigenvalue weighted by atomic mass is 10.1. The first-order valence-corrected chi connectivity index (χ1v) is 7.17. The molecule has 1 amide bonds. The number of hydrogen-bond donors (Lipinski definition) is 1. The average molecular weight is 314 g/mol. The first-order chi connectivity index (χ1) is 11.1. The van der Waals surface area contributed by atoms with E-state index in [0.29, 0.717) is 24.1 Å². The van der Waals surface area contributed by atoms with Crippen LogP contribution in [0.4, 0.5) is 4.39 Å². The van der Waals surface area contributed by atoms with Crippen LogP contribution in [0, 0.1) is 5.82 Å². The standard InChI is InChI=1S/C17H15FN2O3/c1-20-14-10-11(6-7-15(14)23-17(20)22)8-9-19-16(21)12-4-2-3-5-13(12)18/h2-7,10H,8-9H2,1H3,(H,19,21). The fourth-order valence-electron chi connectivity index (χ4n) is 2.39. The van der Waals surface area contributed by atoms with Gasteiger partial charge in [-0.05, 0) is 36.2 Å². The van der Waals surface area contributed by atoms with Gasteiger partial charge in [-0.2, -0.15) is 0 Å². The van der Waals surface area contributed by atoms with E-state index in [2.05, 4.69) is 5.32 Å². The van der Waals surface area contributed by atoms with Crippen molar-refractivity contribution in [2.24, 2.45) is 7.05 Å². The van der Waals surface area contributed by atoms with Crippen LogP contribution < -0.4 is 11.1 Å². The zero-order valence-corrected chi connectivity index (χ0v) is 12.5. The molecule has 0 atom stereocenters. The second-order valence-electron chi connectivity index (χ2n) is 5.21. The van der Waals surface area contributed by atoms with Crippen molar-refractivity contribution < 1.29 is 13.6 Å². The highest BCUT2D eigenvalue weighted by Crippen LogP contribution is 2.14. The maximum atomic E-state index is 13.5. The van der Waals surface area contributed by atoms with Crippen molar-refractivity contribution in [1.82, 2.24) is 9.88 Å². The number of aryl methyl sites for hydroxylation is 1. The summed E-state index contributed by atoms with van der Waals surface area (Å²) in [5.41, 5.74) is 2.20. The van der Waals surface area contributed by atoms with Crippen molar-refractivity contribution in [3.63, 3.8) is 0 Å². The number of nitrogens with one attached hydrogen (secondary N) is 1. The maximum absolute atomic E-state index is 13.5. The van der Waals surface area contributed by atoms with Gasteiger partial charge in [-0.3, -0.25) is 9.36 Å². The smallest absolute Gasteiger partial charge is 0.408 e. The Morgan fingerprint density at radius 1 is 1.26 bits per heavy atom. The van der Waals surface area contributed by atoms with Crippen LogP contribution in [-0.2, 0) is 13.5 Å². The molecule has 3 rings (SSSR count). The highest BCUT2D eigenvalue weighted by Gasteiger charge is 2.10. The van der Waals surface area contributed by atoms with Crippen LogP contribution in [0.1, 0.15) is 15.9 Å². The van der Waals surface area contributed by atoms with E-state index in [-0.39, 0.29) is 5.56 Å². The van der Waals surface area contributed by atoms with Crippen molar-refractivity contribution in [1.29, 1.82) is 0 Å². The molecule has 0 bridgehead atoms. The zero-order valence-electron chi connectivity index (χ0n) is 12.5. The molecule has 0 unspecified atom stereocenters. The number of carbonyl (C=O) groups excluding carboxylic acids is 1. The number of oxazole rings is 1. The quantitative estimate of drug-likeness (QED) is 0.803. The number of nitrogens with zero attached hydrogens (tertiary/aromatic N) is 1. The molecule has 5 nitrogen and oxygen atoms in total. The van der Waals surface area contributed by atoms with Crippen molar-refractivity contribution in [3.05, 3.63) is 70.0 Å². The van der Waals surface area contributed by atoms with E-state index in [1.807, 2.05) is 12.1 Å². The molecule has 0 spiro atoms. The van der Waals surface area contributed by atoms with Crippen LogP contribution in [0.3, 0.4) is 0 Å². The molecule has 118 valence electrons. The summed E-state index contributed by atoms with van der Waals surface area (Å²) in [6, 6.07) is 11.3. The van der Waals surface area contributed by atoms with E-state index in [1.54, 1.807) is 19.2 Å². The van der Waals surface area contributed by atoms with Crippen LogP contribution in [0.25, 0.3) is 11.1 Å². The van der Waals surface area contributed by atoms with Crippen molar-refractivity contribution in [2.45, 2.75) is 6.42 Å². The lowest BCUT2D eigenvalue weighted by Gasteiger charge is -2.06. The van der Waals surface area contributed by atoms with Crippen LogP contribution in [-0.4, -0.2) is 17.0 Å². The molecule has 23 heavy (non-hydrogen) atoms. The largest absolute Gasteiger partial charge is 0.419 e. The normalized spacial score (nSPS) is 10.9. The predicted molar refractivity (Wildman–Crippen MR) is 83.9 cm³/mol. The Morgan fingerprint density at radius 3 is 2.83 bits per heavy atom. The highest BCUT2D eigenvalue weighted by atomic mass is 19.1. The van der Waals surface area contributed by atoms with Gasteiger partial charge in [0.25, 0.3) is 5.91 Å². The van der Waals surface area contributed by atoms with E-state index < -0.39 is 17.5 Å². The summed E-state index contributed by atoms with van der Waals surface area (Å²) in [5.74, 6) is -1.40. The SMILES string of the molecule is Cn1c(=O)oc2ccc(CCNC(=O)c3ccccc3F)cc21. The van der Waals surface area contributed by atoms with E-state index in [0.717, 1.165) is 5.56 Å². The Labute approximate surface area is 131 Å². The summed E-state index contributed by atoms with van der Waals surface area (Å²) in [7, 11) is 1.64. The van der Waals surface area contributed by atoms with Gasteiger partial charge in [-0.25, -0.2) is 9.18 Å². The molecule has 0 radical (unpaired) electrons. The van der Waals surface area contributed by atoms with Crippen molar-refractivity contribution >= 4 is 17.0 Å². The van der Waals surface area contributed by atoms with Gasteiger partial charge < -0.3 is 9.73 Å². The molecule has 1 heterocycles. The van der Waals surface area contributed by atoms with Gasteiger partial charge in [0, 0.05) is 13.6 Å². The molecule has 0 saturated heterocycles. The Balaban J connectivity index is 1.67. The number of hydrogen-bond acceptors (Lipinski definition) is 3. The summed E-state index contributed by atoms with van der Waals surface area (Å²) >= 11 is 0. The number of carbonyl (C=O) groups is 1. The third-order valence-electron chi connectivity index (χ3n) is 3.67. The Kier molecular flexibility index (Phi) is 3.97. The predicted octanol–water partition coefficient (Wildman–Crippen LogP) is 2.24. The number of rotatable bonds is 4. The molecule has 6 heteroatoms. The van der Waals surface area contributed by atoms with Gasteiger partial charge in [0.15, 0.2) is 5.58 Å². The molecular weight excluding hydrogens is 299 g/mol. The monoisotopic (exact) mass is 314 g/mol. The van der Waals surface area contributed by atoms with Gasteiger partial charge in [0.2, 0.25) is 0 Å². The molecule has 0 saturated carbocycles. The first-order valence-electron chi connectivity index (χ1n) is 7.17. The molecule has 0 aliphatic rings. The van der Waals surface area contributed by atoms with Gasteiger partial charge in [0.1, 0.15) is 5.82 Å². The summed E-state index contributed by atoms with van der Waals surface area (Å²) in [6.45, 7) is 0.366. The molecule has 0 fully saturated rings. The molecule has 3 aromatic rings. The summed E-state index contributed by atoms with van der Waals surface area (Å²) in [5, 5.41) is 2.69. The number of amides is 1. The van der Waals surface area contributed by atoms with Gasteiger partial charge >= 0.3 is 5.76 Å². The minimum atomic E-state index is -0.542. The number of benzene rings is 2. The van der Waals surface area contributed by atoms with Crippen molar-refractivity contribution in [2.75, 3.05) is 6.54 Å². The lowest BCUT2D eigenvalue weighted by Crippen LogP contribution is -2.26. The van der Waals surface area contributed by atoms with Crippen LogP contribution in [0.15, 0.2) is 51.7 Å². The molecule has 1 aromatic heterocycles. The van der Waals surface area contributed by atoms with E-state index in [4.69, 9.17) is 4.42 Å². The van der Waals surface area contributed by atoms with Gasteiger partial charge in [-0.1, -0.05) is 18.2 Å². The third kappa shape index (κ3) is 3.01. The number of aromatic nitrogens is 1. The molecular formula is C17H15FN2O3. The minimum Gasteiger partial charge on any atom is -0.408 e. The van der Waals surface area contributed by atoms with E-state index in [9.17, 15) is 14.0 Å². The van der Waals surface area contributed by atoms with Crippen LogP contribution >= 0.6 is 0 Å². The molecule has 0 aliphatic carbocycles. The Morgan fingerprint density at radius 2 is 2.04 bits per heavy atom. The Bertz CT molecular complexity index is 927. The molecule has 2 aromatic carbocycles. The Hall–Kier alpha value is -2.89. The minimum absolute atomic E-state index is 0.0279. The highest BCUT2D eigenvalue weighted by molar-refractivity contribution is 5.94. The number of halogens is 1. The topological polar surface area (TPSA) is 64.2 Å². The van der Waals surface area contributed by atoms with Crippen molar-refractivity contribution in [3.8, 4) is 0 Å². The zero-order chi connectivity index (χ0) is 16.4. The fourth-order valence-corrected chi connectivity index (χ4v) is 2.39. The fraction of sp³-hybridized carbons (Fsp3) is 0.176. The van der Waals surface area contributed by atoms with Crippen LogP contribution in [0.2, 0.25) is 0 Å². The first kappa shape index (κ1) is 15.0. The van der Waals surface area contributed by atoms with Crippen LogP contribution in [0.5, 0.6) is 0 Å². The second-order valence-corrected chi connectivity index (χ2v) is 5.21. The molecule has 0 aliphatic heterocycles.